The van der Waals surface area contributed by atoms with E-state index >= 15 is 0 Å². The Bertz CT molecular complexity index is 618. The third-order valence-electron chi connectivity index (χ3n) is 3.08. The predicted octanol–water partition coefficient (Wildman–Crippen LogP) is 2.22. The number of carbonyl (C=O) groups is 1. The summed E-state index contributed by atoms with van der Waals surface area (Å²) in [6.07, 6.45) is 6.65. The summed E-state index contributed by atoms with van der Waals surface area (Å²) >= 11 is 0. The second kappa shape index (κ2) is 6.69. The molecule has 1 aromatic carbocycles. The number of primary amides is 1. The molecule has 0 saturated carbocycles. The van der Waals surface area contributed by atoms with Crippen LogP contribution >= 0.6 is 0 Å². The van der Waals surface area contributed by atoms with E-state index in [0.29, 0.717) is 0 Å². The summed E-state index contributed by atoms with van der Waals surface area (Å²) in [7, 11) is 0. The van der Waals surface area contributed by atoms with Gasteiger partial charge in [-0.3, -0.25) is 4.79 Å². The van der Waals surface area contributed by atoms with E-state index in [1.807, 2.05) is 39.8 Å². The van der Waals surface area contributed by atoms with Gasteiger partial charge in [0.15, 0.2) is 11.5 Å². The van der Waals surface area contributed by atoms with Crippen molar-refractivity contribution in [1.82, 2.24) is 0 Å². The Morgan fingerprint density at radius 1 is 1.24 bits per heavy atom. The Labute approximate surface area is 147 Å². The number of amides is 1. The Kier molecular flexibility index (Phi) is 5.68. The third-order valence-corrected chi connectivity index (χ3v) is 3.08. The van der Waals surface area contributed by atoms with Crippen molar-refractivity contribution in [3.8, 4) is 11.5 Å². The van der Waals surface area contributed by atoms with Crippen LogP contribution in [0.2, 0.25) is 0 Å². The summed E-state index contributed by atoms with van der Waals surface area (Å²) < 4.78 is 11.6. The molecule has 2 N–H and O–H groups in total. The standard InChI is InChI=1S/C16H19NO3.Na.H/c1-10-9-13-15(20-16(3,4)19-13)11(2)12(10)7-5-6-8-14(17)18;;/h5-9H,1-4H3,(H2,17,18);;. The topological polar surface area (TPSA) is 61.6 Å². The van der Waals surface area contributed by atoms with Crippen LogP contribution in [-0.2, 0) is 4.79 Å². The fourth-order valence-electron chi connectivity index (χ4n) is 2.24. The minimum atomic E-state index is -0.631. The summed E-state index contributed by atoms with van der Waals surface area (Å²) in [5, 5.41) is 0. The molecule has 0 aromatic heterocycles. The average Bonchev–Trinajstić information content (AvgIpc) is 2.62. The summed E-state index contributed by atoms with van der Waals surface area (Å²) in [4.78, 5) is 10.6. The third kappa shape index (κ3) is 4.13. The zero-order valence-electron chi connectivity index (χ0n) is 12.2. The molecule has 1 aliphatic heterocycles. The molecular formula is C16H20NNaO3. The van der Waals surface area contributed by atoms with Gasteiger partial charge in [-0.05, 0) is 31.0 Å². The van der Waals surface area contributed by atoms with Crippen LogP contribution in [0.1, 0.15) is 30.5 Å². The normalized spacial score (nSPS) is 15.4. The van der Waals surface area contributed by atoms with E-state index < -0.39 is 11.7 Å². The van der Waals surface area contributed by atoms with Crippen molar-refractivity contribution in [2.45, 2.75) is 33.5 Å². The SMILES string of the molecule is Cc1cc2c(c(C)c1C=CC=CC(N)=O)OC(C)(C)O2.[NaH]. The van der Waals surface area contributed by atoms with Crippen molar-refractivity contribution in [2.24, 2.45) is 5.73 Å². The fraction of sp³-hybridized carbons (Fsp3) is 0.312. The van der Waals surface area contributed by atoms with Crippen molar-refractivity contribution in [3.63, 3.8) is 0 Å². The average molecular weight is 297 g/mol. The molecule has 0 radical (unpaired) electrons. The maximum atomic E-state index is 10.6. The fourth-order valence-corrected chi connectivity index (χ4v) is 2.24. The molecule has 1 aliphatic rings. The van der Waals surface area contributed by atoms with E-state index in [1.54, 1.807) is 12.2 Å². The second-order valence-corrected chi connectivity index (χ2v) is 5.28. The first-order valence-electron chi connectivity index (χ1n) is 6.46. The van der Waals surface area contributed by atoms with E-state index in [2.05, 4.69) is 0 Å². The molecular weight excluding hydrogens is 277 g/mol. The van der Waals surface area contributed by atoms with Gasteiger partial charge in [0, 0.05) is 25.5 Å². The van der Waals surface area contributed by atoms with Crippen LogP contribution in [0.25, 0.3) is 6.08 Å². The molecule has 108 valence electrons. The molecule has 0 atom stereocenters. The molecule has 0 fully saturated rings. The number of carbonyl (C=O) groups excluding carboxylic acids is 1. The summed E-state index contributed by atoms with van der Waals surface area (Å²) in [6.45, 7) is 7.77. The van der Waals surface area contributed by atoms with Crippen molar-refractivity contribution < 1.29 is 14.3 Å². The molecule has 1 heterocycles. The van der Waals surface area contributed by atoms with Gasteiger partial charge < -0.3 is 15.2 Å². The van der Waals surface area contributed by atoms with Gasteiger partial charge >= 0.3 is 29.6 Å². The number of allylic oxidation sites excluding steroid dienone is 2. The Balaban J connectivity index is 0.00000220. The molecule has 1 aromatic rings. The molecule has 0 saturated heterocycles. The number of ether oxygens (including phenoxy) is 2. The first-order valence-corrected chi connectivity index (χ1v) is 6.46. The van der Waals surface area contributed by atoms with Gasteiger partial charge in [-0.25, -0.2) is 0 Å². The van der Waals surface area contributed by atoms with Gasteiger partial charge in [0.1, 0.15) is 0 Å². The predicted molar refractivity (Wildman–Crippen MR) is 85.8 cm³/mol. The van der Waals surface area contributed by atoms with E-state index in [1.165, 1.54) is 6.08 Å². The number of nitrogens with two attached hydrogens (primary N) is 1. The number of aryl methyl sites for hydroxylation is 1. The van der Waals surface area contributed by atoms with Gasteiger partial charge in [-0.15, -0.1) is 0 Å². The van der Waals surface area contributed by atoms with Crippen LogP contribution in [0, 0.1) is 13.8 Å². The molecule has 1 amide bonds. The van der Waals surface area contributed by atoms with Crippen molar-refractivity contribution in [1.29, 1.82) is 0 Å². The second-order valence-electron chi connectivity index (χ2n) is 5.28. The van der Waals surface area contributed by atoms with E-state index in [4.69, 9.17) is 15.2 Å². The van der Waals surface area contributed by atoms with E-state index in [-0.39, 0.29) is 29.6 Å². The van der Waals surface area contributed by atoms with Crippen LogP contribution in [0.4, 0.5) is 0 Å². The van der Waals surface area contributed by atoms with Gasteiger partial charge in [0.05, 0.1) is 0 Å². The number of benzene rings is 1. The number of hydrogen-bond acceptors (Lipinski definition) is 3. The Hall–Kier alpha value is -1.23. The Morgan fingerprint density at radius 2 is 1.90 bits per heavy atom. The quantitative estimate of drug-likeness (QED) is 0.528. The van der Waals surface area contributed by atoms with Crippen LogP contribution < -0.4 is 15.2 Å². The summed E-state index contributed by atoms with van der Waals surface area (Å²) in [6, 6.07) is 1.97. The van der Waals surface area contributed by atoms with Gasteiger partial charge in [-0.2, -0.15) is 0 Å². The molecule has 0 aliphatic carbocycles. The minimum absolute atomic E-state index is 0. The van der Waals surface area contributed by atoms with Gasteiger partial charge in [-0.1, -0.05) is 18.2 Å². The van der Waals surface area contributed by atoms with Crippen molar-refractivity contribution in [2.75, 3.05) is 0 Å². The maximum absolute atomic E-state index is 10.6. The Morgan fingerprint density at radius 3 is 2.52 bits per heavy atom. The number of fused-ring (bicyclic) bond motifs is 1. The van der Waals surface area contributed by atoms with Crippen LogP contribution in [0.3, 0.4) is 0 Å². The molecule has 0 bridgehead atoms. The number of rotatable bonds is 3. The van der Waals surface area contributed by atoms with Gasteiger partial charge in [0.25, 0.3) is 0 Å². The van der Waals surface area contributed by atoms with E-state index in [0.717, 1.165) is 28.2 Å². The van der Waals surface area contributed by atoms with Crippen molar-refractivity contribution >= 4 is 41.5 Å². The first kappa shape index (κ1) is 17.8. The van der Waals surface area contributed by atoms with Crippen LogP contribution in [0.5, 0.6) is 11.5 Å². The molecule has 4 nitrogen and oxygen atoms in total. The zero-order chi connectivity index (χ0) is 14.9. The first-order chi connectivity index (χ1) is 9.30. The molecule has 5 heteroatoms. The van der Waals surface area contributed by atoms with Crippen LogP contribution in [-0.4, -0.2) is 41.3 Å². The zero-order valence-corrected chi connectivity index (χ0v) is 12.2. The summed E-state index contributed by atoms with van der Waals surface area (Å²) in [5.74, 6) is 0.456. The summed E-state index contributed by atoms with van der Waals surface area (Å²) in [5.41, 5.74) is 8.21. The van der Waals surface area contributed by atoms with Crippen LogP contribution in [0.15, 0.2) is 24.3 Å². The molecule has 0 unspecified atom stereocenters. The molecule has 2 rings (SSSR count). The number of hydrogen-bond donors (Lipinski definition) is 1. The monoisotopic (exact) mass is 297 g/mol. The molecule has 21 heavy (non-hydrogen) atoms. The van der Waals surface area contributed by atoms with Crippen molar-refractivity contribution in [3.05, 3.63) is 41.0 Å². The van der Waals surface area contributed by atoms with Gasteiger partial charge in [0.2, 0.25) is 11.7 Å². The molecule has 0 spiro atoms. The van der Waals surface area contributed by atoms with E-state index in [9.17, 15) is 4.79 Å².